The highest BCUT2D eigenvalue weighted by Gasteiger charge is 2.59. The van der Waals surface area contributed by atoms with Crippen molar-refractivity contribution in [1.82, 2.24) is 44.9 Å². The maximum atomic E-state index is 15.0. The number of esters is 1. The summed E-state index contributed by atoms with van der Waals surface area (Å²) < 4.78 is 21.4. The number of cyclic esters (lactones) is 1. The number of ether oxygens (including phenoxy) is 3. The number of hydrazine groups is 1. The number of piperazine rings is 1. The van der Waals surface area contributed by atoms with Gasteiger partial charge in [0.25, 0.3) is 5.91 Å². The lowest BCUT2D eigenvalue weighted by Gasteiger charge is -2.39. The predicted octanol–water partition coefficient (Wildman–Crippen LogP) is 5.46. The van der Waals surface area contributed by atoms with Crippen LogP contribution in [0.2, 0.25) is 0 Å². The van der Waals surface area contributed by atoms with E-state index in [4.69, 9.17) is 19.2 Å². The van der Waals surface area contributed by atoms with Crippen LogP contribution < -0.4 is 20.5 Å². The Bertz CT molecular complexity index is 2790. The number of carbonyl (C=O) groups excluding carboxylic acids is 4. The molecule has 0 radical (unpaired) electrons. The van der Waals surface area contributed by atoms with Crippen LogP contribution in [0.15, 0.2) is 30.5 Å². The lowest BCUT2D eigenvalue weighted by Crippen LogP contribution is -2.62. The first kappa shape index (κ1) is 54.7. The molecule has 2 saturated carbocycles. The van der Waals surface area contributed by atoms with Crippen molar-refractivity contribution in [3.8, 4) is 11.3 Å². The van der Waals surface area contributed by atoms with Crippen molar-refractivity contribution < 1.29 is 33.4 Å². The molecule has 2 aliphatic carbocycles. The summed E-state index contributed by atoms with van der Waals surface area (Å²) in [6, 6.07) is 8.19. The molecule has 12 rings (SSSR count). The fraction of sp³-hybridized carbons (Fsp3) is 0.721. The number of aryl methyl sites for hydroxylation is 1. The molecular weight excluding hydrogens is 999 g/mol. The third-order valence-electron chi connectivity index (χ3n) is 19.7. The van der Waals surface area contributed by atoms with Crippen molar-refractivity contribution >= 4 is 46.0 Å². The summed E-state index contributed by atoms with van der Waals surface area (Å²) in [6.07, 6.45) is 10.3. The molecule has 430 valence electrons. The van der Waals surface area contributed by atoms with Crippen molar-refractivity contribution in [3.63, 3.8) is 0 Å². The van der Waals surface area contributed by atoms with Crippen LogP contribution in [0.1, 0.15) is 117 Å². The first-order chi connectivity index (χ1) is 38.0. The van der Waals surface area contributed by atoms with E-state index in [1.807, 2.05) is 6.20 Å². The number of methoxy groups -OCH3 is 1. The van der Waals surface area contributed by atoms with Crippen LogP contribution in [-0.2, 0) is 46.4 Å². The van der Waals surface area contributed by atoms with Crippen LogP contribution in [0, 0.1) is 22.7 Å². The molecule has 3 amide bonds. The van der Waals surface area contributed by atoms with Crippen molar-refractivity contribution in [2.45, 2.75) is 161 Å². The fourth-order valence-electron chi connectivity index (χ4n) is 15.0. The molecule has 2 N–H and O–H groups in total. The van der Waals surface area contributed by atoms with Gasteiger partial charge in [-0.25, -0.2) is 5.43 Å². The molecule has 18 heteroatoms. The molecule has 8 fully saturated rings. The van der Waals surface area contributed by atoms with Crippen LogP contribution in [0.5, 0.6) is 0 Å². The molecule has 2 aromatic heterocycles. The number of morpholine rings is 1. The summed E-state index contributed by atoms with van der Waals surface area (Å²) in [4.78, 5) is 77.5. The van der Waals surface area contributed by atoms with Crippen molar-refractivity contribution in [3.05, 3.63) is 41.7 Å². The van der Waals surface area contributed by atoms with Gasteiger partial charge in [0.2, 0.25) is 11.8 Å². The number of rotatable bonds is 12. The second-order valence-electron chi connectivity index (χ2n) is 26.4. The van der Waals surface area contributed by atoms with Crippen LogP contribution >= 0.6 is 0 Å². The number of pyridine rings is 1. The second-order valence-corrected chi connectivity index (χ2v) is 26.4. The highest BCUT2D eigenvalue weighted by molar-refractivity contribution is 5.95. The number of carbonyl (C=O) groups is 4. The molecule has 6 saturated heterocycles. The van der Waals surface area contributed by atoms with E-state index in [9.17, 15) is 9.59 Å². The van der Waals surface area contributed by atoms with E-state index in [1.54, 1.807) is 12.1 Å². The topological polar surface area (TPSA) is 160 Å². The number of amides is 3. The Balaban J connectivity index is 0.840. The lowest BCUT2D eigenvalue weighted by molar-refractivity contribution is -0.156. The minimum atomic E-state index is -0.921. The molecule has 1 spiro atoms. The van der Waals surface area contributed by atoms with Gasteiger partial charge in [-0.1, -0.05) is 27.7 Å². The molecule has 7 aliphatic heterocycles. The van der Waals surface area contributed by atoms with Gasteiger partial charge in [0, 0.05) is 131 Å². The standard InChI is InChI=1S/C61H89N11O7/c1-9-71-50-17-16-42-29-45(50)47(54(71)46-30-43(33-62-51(46)39(4)77-8)67-25-23-66(24-26-67)41-14-15-41)32-60(5,6)37-79-59(76)48-11-10-20-72(64-48)57(74)49(31-44-34-68(42)27-28-78-44)63-56(73)52(38(2)3)69-21-18-61(35-69)19-22-70(36-61)58(75)55-53(65(55)7)40-12-13-40/h16-17,29-30,33,38-41,44,48-49,52-53,55,64H,9-15,18-28,31-32,34-37H2,1-8H3,(H,63,73)/t39-,44-,48-,49-,52-,53+,55+,61-,65?/m0/s1. The van der Waals surface area contributed by atoms with E-state index >= 15 is 9.59 Å². The molecule has 1 unspecified atom stereocenters. The number of hydrogen-bond donors (Lipinski definition) is 2. The van der Waals surface area contributed by atoms with E-state index in [-0.39, 0.29) is 60.3 Å². The summed E-state index contributed by atoms with van der Waals surface area (Å²) in [7, 11) is 3.84. The van der Waals surface area contributed by atoms with E-state index < -0.39 is 29.5 Å². The average Bonchev–Trinajstić information content (AvgIpc) is 4.61. The zero-order chi connectivity index (χ0) is 55.1. The zero-order valence-corrected chi connectivity index (χ0v) is 48.5. The van der Waals surface area contributed by atoms with Crippen LogP contribution in [0.4, 0.5) is 11.4 Å². The molecule has 79 heavy (non-hydrogen) atoms. The Hall–Kier alpha value is -4.85. The highest BCUT2D eigenvalue weighted by Crippen LogP contribution is 2.49. The van der Waals surface area contributed by atoms with Gasteiger partial charge in [-0.2, -0.15) is 0 Å². The molecule has 6 bridgehead atoms. The number of likely N-dealkylation sites (tertiary alicyclic amines) is 2. The van der Waals surface area contributed by atoms with Gasteiger partial charge in [0.1, 0.15) is 18.1 Å². The van der Waals surface area contributed by atoms with Gasteiger partial charge in [-0.15, -0.1) is 0 Å². The number of nitrogens with one attached hydrogen (secondary N) is 2. The van der Waals surface area contributed by atoms with Gasteiger partial charge in [0.05, 0.1) is 54.7 Å². The number of benzene rings is 1. The maximum Gasteiger partial charge on any atom is 0.324 e. The molecule has 1 aromatic carbocycles. The smallest absolute Gasteiger partial charge is 0.324 e. The Morgan fingerprint density at radius 2 is 1.71 bits per heavy atom. The summed E-state index contributed by atoms with van der Waals surface area (Å²) in [5.74, 6) is 0.0534. The van der Waals surface area contributed by atoms with Crippen LogP contribution in [-0.4, -0.2) is 200 Å². The summed E-state index contributed by atoms with van der Waals surface area (Å²) in [5, 5.41) is 6.00. The third kappa shape index (κ3) is 10.9. The lowest BCUT2D eigenvalue weighted by atomic mass is 9.84. The SMILES string of the molecule is CCn1c(-c2cc(N3CCN(C4CC4)CC3)cnc2[C@H](C)OC)c2c3cc(ccc31)N1CCO[C@@H](C[C@H](NC(=O)[C@H](C(C)C)N3CC[C@]4(CCN(C(=O)[C@H]5[C@@H](C6CC6)N5C)C4)C3)C(=O)N3CCC[C@H](N3)C(=O)OCC(C)(C)C2)C1. The minimum Gasteiger partial charge on any atom is -0.464 e. The van der Waals surface area contributed by atoms with E-state index in [1.165, 1.54) is 31.2 Å². The van der Waals surface area contributed by atoms with Gasteiger partial charge < -0.3 is 38.8 Å². The van der Waals surface area contributed by atoms with E-state index in [2.05, 4.69) is 118 Å². The molecule has 9 aliphatic rings. The zero-order valence-electron chi connectivity index (χ0n) is 48.5. The molecule has 9 atom stereocenters. The first-order valence-electron chi connectivity index (χ1n) is 30.4. The fourth-order valence-corrected chi connectivity index (χ4v) is 15.0. The third-order valence-corrected chi connectivity index (χ3v) is 19.7. The number of hydrogen-bond acceptors (Lipinski definition) is 14. The van der Waals surface area contributed by atoms with Gasteiger partial charge in [0.15, 0.2) is 0 Å². The van der Waals surface area contributed by atoms with Crippen molar-refractivity contribution in [2.75, 3.05) is 109 Å². The Labute approximate surface area is 468 Å². The number of nitrogens with zero attached hydrogens (tertiary/aromatic N) is 9. The minimum absolute atomic E-state index is 0.0183. The second kappa shape index (κ2) is 21.8. The van der Waals surface area contributed by atoms with Crippen LogP contribution in [0.3, 0.4) is 0 Å². The summed E-state index contributed by atoms with van der Waals surface area (Å²) in [6.45, 7) is 22.7. The molecule has 9 heterocycles. The van der Waals surface area contributed by atoms with Gasteiger partial charge in [-0.3, -0.25) is 43.9 Å². The average molecular weight is 1090 g/mol. The van der Waals surface area contributed by atoms with Crippen molar-refractivity contribution in [1.29, 1.82) is 0 Å². The predicted molar refractivity (Wildman–Crippen MR) is 304 cm³/mol. The number of fused-ring (bicyclic) bond motifs is 6. The molecular formula is C61H89N11O7. The Kier molecular flexibility index (Phi) is 15.1. The van der Waals surface area contributed by atoms with Gasteiger partial charge in [-0.05, 0) is 127 Å². The monoisotopic (exact) mass is 1090 g/mol. The normalized spacial score (nSPS) is 30.7. The van der Waals surface area contributed by atoms with Crippen LogP contribution in [0.25, 0.3) is 22.2 Å². The highest BCUT2D eigenvalue weighted by atomic mass is 16.5. The van der Waals surface area contributed by atoms with Gasteiger partial charge >= 0.3 is 5.97 Å². The van der Waals surface area contributed by atoms with E-state index in [0.717, 1.165) is 117 Å². The summed E-state index contributed by atoms with van der Waals surface area (Å²) >= 11 is 0. The quantitative estimate of drug-likeness (QED) is 0.174. The van der Waals surface area contributed by atoms with E-state index in [0.29, 0.717) is 57.5 Å². The van der Waals surface area contributed by atoms with Crippen molar-refractivity contribution in [2.24, 2.45) is 22.7 Å². The maximum absolute atomic E-state index is 15.0. The number of anilines is 2. The number of aromatic nitrogens is 2. The Morgan fingerprint density at radius 3 is 2.44 bits per heavy atom. The first-order valence-corrected chi connectivity index (χ1v) is 30.4. The largest absolute Gasteiger partial charge is 0.464 e. The molecule has 18 nitrogen and oxygen atoms in total. The number of likely N-dealkylation sites (N-methyl/N-ethyl adjacent to an activating group) is 1. The summed E-state index contributed by atoms with van der Waals surface area (Å²) in [5.41, 5.74) is 10.3. The Morgan fingerprint density at radius 1 is 0.924 bits per heavy atom. The molecule has 3 aromatic rings.